The average molecular weight is 249 g/mol. The number of nitrogens with two attached hydrogens (primary N) is 1. The van der Waals surface area contributed by atoms with Crippen LogP contribution < -0.4 is 10.6 Å². The molecule has 18 heavy (non-hydrogen) atoms. The Morgan fingerprint density at radius 1 is 1.33 bits per heavy atom. The first-order valence-corrected chi connectivity index (χ1v) is 6.58. The van der Waals surface area contributed by atoms with Gasteiger partial charge in [0.15, 0.2) is 0 Å². The lowest BCUT2D eigenvalue weighted by atomic mass is 9.86. The molecule has 0 aliphatic heterocycles. The van der Waals surface area contributed by atoms with E-state index in [1.807, 2.05) is 13.8 Å². The molecule has 1 aromatic heterocycles. The van der Waals surface area contributed by atoms with Crippen molar-refractivity contribution >= 4 is 5.69 Å². The van der Waals surface area contributed by atoms with Gasteiger partial charge in [-0.25, -0.2) is 0 Å². The predicted octanol–water partition coefficient (Wildman–Crippen LogP) is 3.03. The highest BCUT2D eigenvalue weighted by atomic mass is 15.1. The van der Waals surface area contributed by atoms with Crippen LogP contribution in [0.25, 0.3) is 0 Å². The summed E-state index contributed by atoms with van der Waals surface area (Å²) in [5.41, 5.74) is 10.6. The third-order valence-electron chi connectivity index (χ3n) is 3.85. The van der Waals surface area contributed by atoms with E-state index in [4.69, 9.17) is 5.73 Å². The van der Waals surface area contributed by atoms with Gasteiger partial charge in [0.05, 0.1) is 0 Å². The molecule has 0 radical (unpaired) electrons. The van der Waals surface area contributed by atoms with E-state index in [2.05, 4.69) is 50.7 Å². The largest absolute Gasteiger partial charge is 0.371 e. The molecule has 1 aromatic rings. The van der Waals surface area contributed by atoms with Gasteiger partial charge in [0.2, 0.25) is 0 Å². The Labute approximate surface area is 111 Å². The van der Waals surface area contributed by atoms with E-state index in [1.165, 1.54) is 5.69 Å². The molecule has 3 nitrogen and oxygen atoms in total. The summed E-state index contributed by atoms with van der Waals surface area (Å²) in [5, 5.41) is 0. The van der Waals surface area contributed by atoms with Crippen LogP contribution in [-0.2, 0) is 6.54 Å². The highest BCUT2D eigenvalue weighted by Gasteiger charge is 2.25. The van der Waals surface area contributed by atoms with E-state index in [9.17, 15) is 0 Å². The van der Waals surface area contributed by atoms with Crippen molar-refractivity contribution in [3.8, 4) is 0 Å². The molecule has 1 atom stereocenters. The van der Waals surface area contributed by atoms with Crippen molar-refractivity contribution in [2.75, 3.05) is 11.9 Å². The van der Waals surface area contributed by atoms with Gasteiger partial charge < -0.3 is 10.6 Å². The van der Waals surface area contributed by atoms with Gasteiger partial charge in [0.1, 0.15) is 0 Å². The molecule has 0 spiro atoms. The second-order valence-electron chi connectivity index (χ2n) is 6.20. The lowest BCUT2D eigenvalue weighted by Crippen LogP contribution is -2.40. The number of nitrogens with zero attached hydrogens (tertiary/aromatic N) is 2. The highest BCUT2D eigenvalue weighted by Crippen LogP contribution is 2.30. The summed E-state index contributed by atoms with van der Waals surface area (Å²) < 4.78 is 0. The molecule has 3 heteroatoms. The van der Waals surface area contributed by atoms with Crippen LogP contribution in [0, 0.1) is 19.3 Å². The van der Waals surface area contributed by atoms with Crippen LogP contribution in [0.15, 0.2) is 6.07 Å². The summed E-state index contributed by atoms with van der Waals surface area (Å²) in [6, 6.07) is 2.57. The second-order valence-corrected chi connectivity index (χ2v) is 6.20. The Hall–Kier alpha value is -1.09. The number of aromatic nitrogens is 1. The normalized spacial score (nSPS) is 13.6. The number of anilines is 1. The average Bonchev–Trinajstić information content (AvgIpc) is 2.24. The topological polar surface area (TPSA) is 42.1 Å². The van der Waals surface area contributed by atoms with Gasteiger partial charge in [-0.05, 0) is 32.3 Å². The van der Waals surface area contributed by atoms with Crippen molar-refractivity contribution in [2.45, 2.75) is 54.1 Å². The Morgan fingerprint density at radius 2 is 1.89 bits per heavy atom. The van der Waals surface area contributed by atoms with Crippen molar-refractivity contribution in [3.05, 3.63) is 23.0 Å². The van der Waals surface area contributed by atoms with E-state index in [1.54, 1.807) is 0 Å². The SMILES string of the molecule is Cc1cc(N(C)C(C)C(C)(C)C)c(CN)c(C)n1. The van der Waals surface area contributed by atoms with E-state index in [0.29, 0.717) is 12.6 Å². The molecule has 0 saturated carbocycles. The number of hydrogen-bond acceptors (Lipinski definition) is 3. The highest BCUT2D eigenvalue weighted by molar-refractivity contribution is 5.56. The van der Waals surface area contributed by atoms with Crippen molar-refractivity contribution < 1.29 is 0 Å². The summed E-state index contributed by atoms with van der Waals surface area (Å²) in [4.78, 5) is 6.83. The number of pyridine rings is 1. The zero-order valence-electron chi connectivity index (χ0n) is 12.8. The third-order valence-corrected chi connectivity index (χ3v) is 3.85. The molecule has 0 aliphatic carbocycles. The Balaban J connectivity index is 3.24. The molecule has 0 saturated heterocycles. The lowest BCUT2D eigenvalue weighted by Gasteiger charge is -2.38. The molecule has 2 N–H and O–H groups in total. The molecular formula is C15H27N3. The molecule has 1 rings (SSSR count). The van der Waals surface area contributed by atoms with Crippen LogP contribution in [0.2, 0.25) is 0 Å². The minimum Gasteiger partial charge on any atom is -0.371 e. The maximum atomic E-state index is 5.88. The minimum atomic E-state index is 0.228. The number of rotatable bonds is 3. The maximum Gasteiger partial charge on any atom is 0.0448 e. The fourth-order valence-electron chi connectivity index (χ4n) is 2.19. The van der Waals surface area contributed by atoms with Crippen LogP contribution in [0.1, 0.15) is 44.6 Å². The van der Waals surface area contributed by atoms with Crippen molar-refractivity contribution in [1.82, 2.24) is 4.98 Å². The van der Waals surface area contributed by atoms with E-state index < -0.39 is 0 Å². The summed E-state index contributed by atoms with van der Waals surface area (Å²) in [6.07, 6.45) is 0. The monoisotopic (exact) mass is 249 g/mol. The number of hydrogen-bond donors (Lipinski definition) is 1. The lowest BCUT2D eigenvalue weighted by molar-refractivity contribution is 0.329. The fraction of sp³-hybridized carbons (Fsp3) is 0.667. The van der Waals surface area contributed by atoms with Gasteiger partial charge in [-0.2, -0.15) is 0 Å². The Bertz CT molecular complexity index is 418. The van der Waals surface area contributed by atoms with Crippen LogP contribution in [-0.4, -0.2) is 18.1 Å². The standard InChI is InChI=1S/C15H27N3/c1-10-8-14(13(9-16)11(2)17-10)18(7)12(3)15(4,5)6/h8,12H,9,16H2,1-7H3. The first-order valence-electron chi connectivity index (χ1n) is 6.58. The molecule has 102 valence electrons. The first kappa shape index (κ1) is 15.0. The fourth-order valence-corrected chi connectivity index (χ4v) is 2.19. The second kappa shape index (κ2) is 5.27. The summed E-state index contributed by atoms with van der Waals surface area (Å²) >= 11 is 0. The van der Waals surface area contributed by atoms with Crippen molar-refractivity contribution in [1.29, 1.82) is 0 Å². The molecule has 0 aliphatic rings. The van der Waals surface area contributed by atoms with E-state index >= 15 is 0 Å². The van der Waals surface area contributed by atoms with Gasteiger partial charge in [-0.3, -0.25) is 4.98 Å². The third kappa shape index (κ3) is 3.02. The molecule has 0 amide bonds. The molecular weight excluding hydrogens is 222 g/mol. The van der Waals surface area contributed by atoms with Crippen LogP contribution in [0.5, 0.6) is 0 Å². The molecule has 0 fully saturated rings. The van der Waals surface area contributed by atoms with Crippen LogP contribution in [0.4, 0.5) is 5.69 Å². The van der Waals surface area contributed by atoms with Crippen LogP contribution >= 0.6 is 0 Å². The van der Waals surface area contributed by atoms with Crippen molar-refractivity contribution in [3.63, 3.8) is 0 Å². The van der Waals surface area contributed by atoms with Gasteiger partial charge >= 0.3 is 0 Å². The quantitative estimate of drug-likeness (QED) is 0.895. The van der Waals surface area contributed by atoms with Crippen LogP contribution in [0.3, 0.4) is 0 Å². The van der Waals surface area contributed by atoms with Gasteiger partial charge in [-0.15, -0.1) is 0 Å². The van der Waals surface area contributed by atoms with E-state index in [0.717, 1.165) is 17.0 Å². The minimum absolute atomic E-state index is 0.228. The summed E-state index contributed by atoms with van der Waals surface area (Å²) in [6.45, 7) is 13.6. The van der Waals surface area contributed by atoms with Gasteiger partial charge in [-0.1, -0.05) is 20.8 Å². The first-order chi connectivity index (χ1) is 8.18. The van der Waals surface area contributed by atoms with Crippen molar-refractivity contribution in [2.24, 2.45) is 11.1 Å². The summed E-state index contributed by atoms with van der Waals surface area (Å²) in [7, 11) is 2.14. The molecule has 1 heterocycles. The molecule has 1 unspecified atom stereocenters. The molecule has 0 aromatic carbocycles. The Morgan fingerprint density at radius 3 is 2.33 bits per heavy atom. The van der Waals surface area contributed by atoms with Gasteiger partial charge in [0, 0.05) is 42.3 Å². The maximum absolute atomic E-state index is 5.88. The zero-order chi connectivity index (χ0) is 14.1. The zero-order valence-corrected chi connectivity index (χ0v) is 12.8. The molecule has 0 bridgehead atoms. The van der Waals surface area contributed by atoms with E-state index in [-0.39, 0.29) is 5.41 Å². The predicted molar refractivity (Wildman–Crippen MR) is 78.9 cm³/mol. The smallest absolute Gasteiger partial charge is 0.0448 e. The Kier molecular flexibility index (Phi) is 4.38. The number of aryl methyl sites for hydroxylation is 2. The summed E-state index contributed by atoms with van der Waals surface area (Å²) in [5.74, 6) is 0. The van der Waals surface area contributed by atoms with Gasteiger partial charge in [0.25, 0.3) is 0 Å².